The molecule has 1 atom stereocenters. The highest BCUT2D eigenvalue weighted by molar-refractivity contribution is 5.83. The third-order valence-corrected chi connectivity index (χ3v) is 3.40. The zero-order chi connectivity index (χ0) is 14.4. The van der Waals surface area contributed by atoms with Crippen LogP contribution in [0, 0.1) is 5.92 Å². The topological polar surface area (TPSA) is 21.3 Å². The van der Waals surface area contributed by atoms with Crippen molar-refractivity contribution in [3.63, 3.8) is 0 Å². The Morgan fingerprint density at radius 1 is 1.00 bits per heavy atom. The molecule has 0 aliphatic heterocycles. The minimum absolute atomic E-state index is 0.231. The summed E-state index contributed by atoms with van der Waals surface area (Å²) in [5, 5.41) is 5.96. The molecule has 0 aromatic heterocycles. The van der Waals surface area contributed by atoms with Gasteiger partial charge in [-0.2, -0.15) is 0 Å². The van der Waals surface area contributed by atoms with Crippen LogP contribution >= 0.6 is 0 Å². The first-order valence-corrected chi connectivity index (χ1v) is 7.55. The van der Waals surface area contributed by atoms with Crippen LogP contribution in [0.1, 0.15) is 27.2 Å². The molecular weight excluding hydrogens is 246 g/mol. The molecule has 1 N–H and O–H groups in total. The van der Waals surface area contributed by atoms with Gasteiger partial charge in [-0.3, -0.25) is 0 Å². The third kappa shape index (κ3) is 4.24. The largest absolute Gasteiger partial charge is 0.489 e. The maximum atomic E-state index is 6.09. The Labute approximate surface area is 122 Å². The lowest BCUT2D eigenvalue weighted by Gasteiger charge is -2.19. The van der Waals surface area contributed by atoms with Crippen LogP contribution in [0.5, 0.6) is 5.75 Å². The van der Waals surface area contributed by atoms with Crippen LogP contribution in [0.25, 0.3) is 10.8 Å². The minimum Gasteiger partial charge on any atom is -0.489 e. The van der Waals surface area contributed by atoms with Crippen molar-refractivity contribution in [3.05, 3.63) is 42.5 Å². The molecule has 2 aromatic rings. The van der Waals surface area contributed by atoms with Crippen molar-refractivity contribution >= 4 is 10.8 Å². The fraction of sp³-hybridized carbons (Fsp3) is 0.444. The molecule has 0 aliphatic rings. The highest BCUT2D eigenvalue weighted by Gasteiger charge is 2.08. The summed E-state index contributed by atoms with van der Waals surface area (Å²) < 4.78 is 6.09. The predicted molar refractivity (Wildman–Crippen MR) is 86.4 cm³/mol. The summed E-state index contributed by atoms with van der Waals surface area (Å²) in [6, 6.07) is 14.7. The van der Waals surface area contributed by atoms with E-state index < -0.39 is 0 Å². The molecule has 0 heterocycles. The molecular formula is C18H25NO. The fourth-order valence-corrected chi connectivity index (χ4v) is 2.24. The molecule has 20 heavy (non-hydrogen) atoms. The summed E-state index contributed by atoms with van der Waals surface area (Å²) in [5.74, 6) is 1.63. The molecule has 2 heteroatoms. The van der Waals surface area contributed by atoms with Gasteiger partial charge in [0.15, 0.2) is 0 Å². The number of rotatable bonds is 7. The van der Waals surface area contributed by atoms with Crippen molar-refractivity contribution < 1.29 is 4.74 Å². The highest BCUT2D eigenvalue weighted by Crippen LogP contribution is 2.21. The van der Waals surface area contributed by atoms with Gasteiger partial charge in [0, 0.05) is 6.54 Å². The summed E-state index contributed by atoms with van der Waals surface area (Å²) in [5.41, 5.74) is 0. The van der Waals surface area contributed by atoms with E-state index in [0.717, 1.165) is 25.3 Å². The molecule has 108 valence electrons. The first kappa shape index (κ1) is 14.9. The maximum absolute atomic E-state index is 6.09. The Morgan fingerprint density at radius 3 is 2.45 bits per heavy atom. The molecule has 2 aromatic carbocycles. The standard InChI is InChI=1S/C18H25NO/c1-4-17(13-19-12-14(2)3)20-18-10-9-15-7-5-6-8-16(15)11-18/h5-11,14,17,19H,4,12-13H2,1-3H3. The number of benzene rings is 2. The van der Waals surface area contributed by atoms with Crippen LogP contribution in [0.2, 0.25) is 0 Å². The summed E-state index contributed by atoms with van der Waals surface area (Å²) >= 11 is 0. The van der Waals surface area contributed by atoms with Gasteiger partial charge in [-0.15, -0.1) is 0 Å². The van der Waals surface area contributed by atoms with Gasteiger partial charge in [-0.05, 0) is 41.8 Å². The lowest BCUT2D eigenvalue weighted by molar-refractivity contribution is 0.192. The zero-order valence-corrected chi connectivity index (χ0v) is 12.7. The second kappa shape index (κ2) is 7.30. The van der Waals surface area contributed by atoms with Gasteiger partial charge < -0.3 is 10.1 Å². The average Bonchev–Trinajstić information content (AvgIpc) is 2.45. The van der Waals surface area contributed by atoms with E-state index in [9.17, 15) is 0 Å². The lowest BCUT2D eigenvalue weighted by atomic mass is 10.1. The smallest absolute Gasteiger partial charge is 0.120 e. The van der Waals surface area contributed by atoms with Gasteiger partial charge in [0.05, 0.1) is 0 Å². The van der Waals surface area contributed by atoms with Crippen molar-refractivity contribution in [1.82, 2.24) is 5.32 Å². The predicted octanol–water partition coefficient (Wildman–Crippen LogP) is 4.24. The second-order valence-corrected chi connectivity index (χ2v) is 5.71. The quantitative estimate of drug-likeness (QED) is 0.813. The summed E-state index contributed by atoms with van der Waals surface area (Å²) in [4.78, 5) is 0. The lowest BCUT2D eigenvalue weighted by Crippen LogP contribution is -2.32. The fourth-order valence-electron chi connectivity index (χ4n) is 2.24. The molecule has 0 bridgehead atoms. The molecule has 0 saturated heterocycles. The van der Waals surface area contributed by atoms with Crippen molar-refractivity contribution in [2.75, 3.05) is 13.1 Å². The third-order valence-electron chi connectivity index (χ3n) is 3.40. The SMILES string of the molecule is CCC(CNCC(C)C)Oc1ccc2ccccc2c1. The van der Waals surface area contributed by atoms with E-state index in [1.54, 1.807) is 0 Å². The van der Waals surface area contributed by atoms with Crippen LogP contribution < -0.4 is 10.1 Å². The van der Waals surface area contributed by atoms with Crippen LogP contribution in [0.15, 0.2) is 42.5 Å². The van der Waals surface area contributed by atoms with Gasteiger partial charge in [-0.25, -0.2) is 0 Å². The Kier molecular flexibility index (Phi) is 5.42. The highest BCUT2D eigenvalue weighted by atomic mass is 16.5. The van der Waals surface area contributed by atoms with Crippen LogP contribution in [0.4, 0.5) is 0 Å². The summed E-state index contributed by atoms with van der Waals surface area (Å²) in [6.07, 6.45) is 1.24. The number of nitrogens with one attached hydrogen (secondary N) is 1. The average molecular weight is 271 g/mol. The van der Waals surface area contributed by atoms with E-state index >= 15 is 0 Å². The Hall–Kier alpha value is -1.54. The number of fused-ring (bicyclic) bond motifs is 1. The first-order chi connectivity index (χ1) is 9.69. The summed E-state index contributed by atoms with van der Waals surface area (Å²) in [6.45, 7) is 8.55. The van der Waals surface area contributed by atoms with Crippen molar-refractivity contribution in [2.24, 2.45) is 5.92 Å². The number of hydrogen-bond donors (Lipinski definition) is 1. The molecule has 0 aliphatic carbocycles. The molecule has 0 fully saturated rings. The van der Waals surface area contributed by atoms with Crippen molar-refractivity contribution in [2.45, 2.75) is 33.3 Å². The molecule has 1 unspecified atom stereocenters. The maximum Gasteiger partial charge on any atom is 0.120 e. The van der Waals surface area contributed by atoms with E-state index in [0.29, 0.717) is 5.92 Å². The van der Waals surface area contributed by atoms with Crippen molar-refractivity contribution in [3.8, 4) is 5.75 Å². The van der Waals surface area contributed by atoms with Gasteiger partial charge >= 0.3 is 0 Å². The van der Waals surface area contributed by atoms with Crippen LogP contribution in [-0.2, 0) is 0 Å². The van der Waals surface area contributed by atoms with Gasteiger partial charge in [0.2, 0.25) is 0 Å². The van der Waals surface area contributed by atoms with E-state index in [1.165, 1.54) is 10.8 Å². The van der Waals surface area contributed by atoms with Gasteiger partial charge in [-0.1, -0.05) is 51.1 Å². The Bertz CT molecular complexity index is 536. The minimum atomic E-state index is 0.231. The van der Waals surface area contributed by atoms with Gasteiger partial charge in [0.25, 0.3) is 0 Å². The normalized spacial score (nSPS) is 12.8. The Morgan fingerprint density at radius 2 is 1.75 bits per heavy atom. The molecule has 2 rings (SSSR count). The van der Waals surface area contributed by atoms with Gasteiger partial charge in [0.1, 0.15) is 11.9 Å². The second-order valence-electron chi connectivity index (χ2n) is 5.71. The molecule has 0 radical (unpaired) electrons. The van der Waals surface area contributed by atoms with E-state index in [2.05, 4.69) is 68.6 Å². The number of hydrogen-bond acceptors (Lipinski definition) is 2. The summed E-state index contributed by atoms with van der Waals surface area (Å²) in [7, 11) is 0. The monoisotopic (exact) mass is 271 g/mol. The molecule has 2 nitrogen and oxygen atoms in total. The van der Waals surface area contributed by atoms with Crippen LogP contribution in [-0.4, -0.2) is 19.2 Å². The molecule has 0 spiro atoms. The zero-order valence-electron chi connectivity index (χ0n) is 12.7. The first-order valence-electron chi connectivity index (χ1n) is 7.55. The van der Waals surface area contributed by atoms with E-state index in [1.807, 2.05) is 0 Å². The Balaban J connectivity index is 1.98. The van der Waals surface area contributed by atoms with E-state index in [4.69, 9.17) is 4.74 Å². The van der Waals surface area contributed by atoms with Crippen molar-refractivity contribution in [1.29, 1.82) is 0 Å². The number of ether oxygens (including phenoxy) is 1. The molecule has 0 amide bonds. The van der Waals surface area contributed by atoms with Crippen LogP contribution in [0.3, 0.4) is 0 Å². The molecule has 0 saturated carbocycles. The van der Waals surface area contributed by atoms with E-state index in [-0.39, 0.29) is 6.10 Å².